The molecule has 0 aliphatic carbocycles. The summed E-state index contributed by atoms with van der Waals surface area (Å²) in [5, 5.41) is 0. The van der Waals surface area contributed by atoms with Crippen molar-refractivity contribution in [1.82, 2.24) is 14.4 Å². The summed E-state index contributed by atoms with van der Waals surface area (Å²) in [6, 6.07) is 8.70. The Morgan fingerprint density at radius 3 is 2.14 bits per heavy atom. The Balaban J connectivity index is 2.34. The molecule has 1 heterocycles. The average Bonchev–Trinajstić information content (AvgIpc) is 2.88. The fourth-order valence-electron chi connectivity index (χ4n) is 2.75. The number of nitrogens with zero attached hydrogens (tertiary/aromatic N) is 4. The highest BCUT2D eigenvalue weighted by molar-refractivity contribution is 5.71. The van der Waals surface area contributed by atoms with E-state index in [-0.39, 0.29) is 0 Å². The standard InChI is InChI=1S/C17H29N4/c1-5-18(6-2)13-20-15-21(14-19(7-3)8-4)17-12-10-9-11-16(17)20/h9-12,15H,5-8,13-14H2,1-4H3/q+1. The van der Waals surface area contributed by atoms with E-state index in [1.165, 1.54) is 11.0 Å². The first-order valence-electron chi connectivity index (χ1n) is 8.15. The lowest BCUT2D eigenvalue weighted by Gasteiger charge is -2.16. The van der Waals surface area contributed by atoms with Crippen molar-refractivity contribution in [2.45, 2.75) is 41.0 Å². The van der Waals surface area contributed by atoms with Gasteiger partial charge in [0, 0.05) is 0 Å². The van der Waals surface area contributed by atoms with Gasteiger partial charge in [0.25, 0.3) is 0 Å². The van der Waals surface area contributed by atoms with Crippen molar-refractivity contribution < 1.29 is 4.57 Å². The highest BCUT2D eigenvalue weighted by atomic mass is 15.3. The number of hydrogen-bond donors (Lipinski definition) is 0. The minimum Gasteiger partial charge on any atom is -0.268 e. The SMILES string of the molecule is CCN(CC)Cn1c[n+](CN(CC)CC)c2ccccc21. The van der Waals surface area contributed by atoms with Gasteiger partial charge in [-0.15, -0.1) is 0 Å². The van der Waals surface area contributed by atoms with E-state index >= 15 is 0 Å². The highest BCUT2D eigenvalue weighted by Crippen LogP contribution is 2.11. The number of rotatable bonds is 8. The second-order valence-corrected chi connectivity index (χ2v) is 5.43. The van der Waals surface area contributed by atoms with Gasteiger partial charge in [-0.25, -0.2) is 9.13 Å². The molecule has 0 amide bonds. The van der Waals surface area contributed by atoms with Crippen molar-refractivity contribution >= 4 is 11.0 Å². The van der Waals surface area contributed by atoms with Crippen LogP contribution in [0.1, 0.15) is 27.7 Å². The van der Waals surface area contributed by atoms with E-state index in [2.05, 4.69) is 77.2 Å². The molecule has 1 aromatic heterocycles. The van der Waals surface area contributed by atoms with Crippen LogP contribution >= 0.6 is 0 Å². The molecule has 4 heteroatoms. The Kier molecular flexibility index (Phi) is 5.76. The summed E-state index contributed by atoms with van der Waals surface area (Å²) < 4.78 is 4.73. The van der Waals surface area contributed by atoms with E-state index in [0.29, 0.717) is 0 Å². The Morgan fingerprint density at radius 1 is 0.905 bits per heavy atom. The molecular weight excluding hydrogens is 260 g/mol. The second-order valence-electron chi connectivity index (χ2n) is 5.43. The topological polar surface area (TPSA) is 15.3 Å². The van der Waals surface area contributed by atoms with Crippen LogP contribution in [0.15, 0.2) is 30.6 Å². The molecule has 2 aromatic rings. The van der Waals surface area contributed by atoms with Gasteiger partial charge in [0.15, 0.2) is 11.0 Å². The number of para-hydroxylation sites is 2. The number of imidazole rings is 1. The van der Waals surface area contributed by atoms with Gasteiger partial charge in [0.1, 0.15) is 13.3 Å². The van der Waals surface area contributed by atoms with Crippen molar-refractivity contribution in [2.24, 2.45) is 0 Å². The van der Waals surface area contributed by atoms with Crippen molar-refractivity contribution in [2.75, 3.05) is 26.2 Å². The van der Waals surface area contributed by atoms with Crippen molar-refractivity contribution in [3.8, 4) is 0 Å². The molecule has 21 heavy (non-hydrogen) atoms. The molecule has 0 N–H and O–H groups in total. The first-order chi connectivity index (χ1) is 10.2. The normalized spacial score (nSPS) is 11.9. The molecular formula is C17H29N4+. The van der Waals surface area contributed by atoms with Crippen LogP contribution in [0.4, 0.5) is 0 Å². The van der Waals surface area contributed by atoms with Gasteiger partial charge >= 0.3 is 0 Å². The molecule has 0 aliphatic heterocycles. The Bertz CT molecular complexity index is 505. The Hall–Kier alpha value is -1.39. The lowest BCUT2D eigenvalue weighted by Crippen LogP contribution is -2.43. The van der Waals surface area contributed by atoms with Crippen LogP contribution in [-0.2, 0) is 13.3 Å². The van der Waals surface area contributed by atoms with Crippen LogP contribution < -0.4 is 4.57 Å². The predicted octanol–water partition coefficient (Wildman–Crippen LogP) is 2.53. The molecule has 0 atom stereocenters. The molecule has 0 saturated heterocycles. The van der Waals surface area contributed by atoms with Gasteiger partial charge in [0.2, 0.25) is 6.33 Å². The number of hydrogen-bond acceptors (Lipinski definition) is 2. The summed E-state index contributed by atoms with van der Waals surface area (Å²) >= 11 is 0. The fraction of sp³-hybridized carbons (Fsp3) is 0.588. The average molecular weight is 289 g/mol. The minimum atomic E-state index is 0.957. The first kappa shape index (κ1) is 16.0. The zero-order valence-corrected chi connectivity index (χ0v) is 13.9. The molecule has 0 aliphatic rings. The smallest absolute Gasteiger partial charge is 0.246 e. The maximum absolute atomic E-state index is 2.44. The van der Waals surface area contributed by atoms with E-state index in [0.717, 1.165) is 39.5 Å². The number of aromatic nitrogens is 2. The van der Waals surface area contributed by atoms with Crippen LogP contribution in [0, 0.1) is 0 Å². The van der Waals surface area contributed by atoms with Crippen LogP contribution in [0.5, 0.6) is 0 Å². The quantitative estimate of drug-likeness (QED) is 0.694. The summed E-state index contributed by atoms with van der Waals surface area (Å²) in [5.74, 6) is 0. The fourth-order valence-corrected chi connectivity index (χ4v) is 2.75. The molecule has 0 unspecified atom stereocenters. The minimum absolute atomic E-state index is 0.957. The predicted molar refractivity (Wildman–Crippen MR) is 88.0 cm³/mol. The summed E-state index contributed by atoms with van der Waals surface area (Å²) in [4.78, 5) is 4.88. The van der Waals surface area contributed by atoms with Gasteiger partial charge < -0.3 is 0 Å². The van der Waals surface area contributed by atoms with Crippen LogP contribution in [0.3, 0.4) is 0 Å². The number of fused-ring (bicyclic) bond motifs is 1. The van der Waals surface area contributed by atoms with Crippen molar-refractivity contribution in [3.63, 3.8) is 0 Å². The highest BCUT2D eigenvalue weighted by Gasteiger charge is 2.17. The van der Waals surface area contributed by atoms with Gasteiger partial charge in [-0.2, -0.15) is 0 Å². The molecule has 0 radical (unpaired) electrons. The Morgan fingerprint density at radius 2 is 1.52 bits per heavy atom. The van der Waals surface area contributed by atoms with Crippen molar-refractivity contribution in [1.29, 1.82) is 0 Å². The summed E-state index contributed by atoms with van der Waals surface area (Å²) in [6.45, 7) is 15.1. The third-order valence-corrected chi connectivity index (χ3v) is 4.27. The van der Waals surface area contributed by atoms with E-state index in [1.807, 2.05) is 0 Å². The van der Waals surface area contributed by atoms with E-state index < -0.39 is 0 Å². The molecule has 0 saturated carbocycles. The molecule has 0 fully saturated rings. The molecule has 0 bridgehead atoms. The van der Waals surface area contributed by atoms with E-state index in [9.17, 15) is 0 Å². The monoisotopic (exact) mass is 289 g/mol. The summed E-state index contributed by atoms with van der Waals surface area (Å²) in [6.07, 6.45) is 2.27. The van der Waals surface area contributed by atoms with Gasteiger partial charge in [0.05, 0.1) is 0 Å². The Labute approximate surface area is 128 Å². The molecule has 4 nitrogen and oxygen atoms in total. The molecule has 2 rings (SSSR count). The van der Waals surface area contributed by atoms with Gasteiger partial charge in [-0.1, -0.05) is 39.8 Å². The lowest BCUT2D eigenvalue weighted by atomic mass is 10.3. The van der Waals surface area contributed by atoms with Crippen LogP contribution in [0.2, 0.25) is 0 Å². The van der Waals surface area contributed by atoms with E-state index in [1.54, 1.807) is 0 Å². The van der Waals surface area contributed by atoms with Crippen LogP contribution in [-0.4, -0.2) is 40.5 Å². The second kappa shape index (κ2) is 7.57. The zero-order valence-electron chi connectivity index (χ0n) is 13.9. The van der Waals surface area contributed by atoms with Crippen molar-refractivity contribution in [3.05, 3.63) is 30.6 Å². The zero-order chi connectivity index (χ0) is 15.2. The molecule has 0 spiro atoms. The van der Waals surface area contributed by atoms with E-state index in [4.69, 9.17) is 0 Å². The van der Waals surface area contributed by atoms with Gasteiger partial charge in [-0.05, 0) is 38.3 Å². The largest absolute Gasteiger partial charge is 0.268 e. The number of benzene rings is 1. The maximum Gasteiger partial charge on any atom is 0.246 e. The summed E-state index contributed by atoms with van der Waals surface area (Å²) in [7, 11) is 0. The van der Waals surface area contributed by atoms with Crippen LogP contribution in [0.25, 0.3) is 11.0 Å². The lowest BCUT2D eigenvalue weighted by molar-refractivity contribution is -0.692. The third kappa shape index (κ3) is 3.63. The molecule has 1 aromatic carbocycles. The summed E-state index contributed by atoms with van der Waals surface area (Å²) in [5.41, 5.74) is 2.63. The van der Waals surface area contributed by atoms with Gasteiger partial charge in [-0.3, -0.25) is 9.80 Å². The maximum atomic E-state index is 2.44. The third-order valence-electron chi connectivity index (χ3n) is 4.27. The molecule has 116 valence electrons. The first-order valence-corrected chi connectivity index (χ1v) is 8.15.